The van der Waals surface area contributed by atoms with Crippen LogP contribution >= 0.6 is 0 Å². The molecule has 5 nitrogen and oxygen atoms in total. The minimum atomic E-state index is -0.525. The number of aromatic amines is 2. The van der Waals surface area contributed by atoms with Crippen LogP contribution in [0.4, 0.5) is 0 Å². The summed E-state index contributed by atoms with van der Waals surface area (Å²) in [4.78, 5) is 21.6. The Bertz CT molecular complexity index is 323. The topological polar surface area (TPSA) is 75.0 Å². The summed E-state index contributed by atoms with van der Waals surface area (Å²) in [5, 5.41) is 4.64. The van der Waals surface area contributed by atoms with E-state index in [1.807, 2.05) is 0 Å². The Labute approximate surface area is 68.7 Å². The first-order chi connectivity index (χ1) is 5.59. The van der Waals surface area contributed by atoms with Crippen LogP contribution in [0.5, 0.6) is 0 Å². The zero-order valence-corrected chi connectivity index (χ0v) is 6.88. The van der Waals surface area contributed by atoms with Gasteiger partial charge >= 0.3 is 5.97 Å². The molecule has 0 aliphatic carbocycles. The van der Waals surface area contributed by atoms with Crippen molar-refractivity contribution in [1.29, 1.82) is 0 Å². The third-order valence-electron chi connectivity index (χ3n) is 1.16. The van der Waals surface area contributed by atoms with Crippen LogP contribution in [0.3, 0.4) is 0 Å². The Hall–Kier alpha value is -1.52. The van der Waals surface area contributed by atoms with Gasteiger partial charge in [0.25, 0.3) is 5.56 Å². The number of H-pyrrole nitrogens is 2. The Morgan fingerprint density at radius 2 is 2.17 bits per heavy atom. The van der Waals surface area contributed by atoms with Crippen molar-refractivity contribution in [3.05, 3.63) is 22.1 Å². The Kier molecular flexibility index (Phi) is 2.32. The van der Waals surface area contributed by atoms with Crippen LogP contribution in [0.2, 0.25) is 0 Å². The SMILES string of the molecule is CC(C)OC(=O)c1cc(=O)[nH][nH]1. The van der Waals surface area contributed by atoms with Gasteiger partial charge in [0.2, 0.25) is 0 Å². The first-order valence-electron chi connectivity index (χ1n) is 3.58. The largest absolute Gasteiger partial charge is 0.458 e. The molecule has 0 aliphatic rings. The van der Waals surface area contributed by atoms with Gasteiger partial charge in [-0.2, -0.15) is 0 Å². The first-order valence-corrected chi connectivity index (χ1v) is 3.58. The second kappa shape index (κ2) is 3.25. The number of ether oxygens (including phenoxy) is 1. The summed E-state index contributed by atoms with van der Waals surface area (Å²) in [7, 11) is 0. The molecule has 0 bridgehead atoms. The zero-order valence-electron chi connectivity index (χ0n) is 6.88. The molecule has 5 heteroatoms. The molecule has 0 atom stereocenters. The summed E-state index contributed by atoms with van der Waals surface area (Å²) in [6, 6.07) is 1.16. The Balaban J connectivity index is 2.72. The number of carbonyl (C=O) groups is 1. The molecule has 1 aromatic heterocycles. The maximum absolute atomic E-state index is 11.1. The molecule has 66 valence electrons. The lowest BCUT2D eigenvalue weighted by Crippen LogP contribution is -2.11. The minimum Gasteiger partial charge on any atom is -0.458 e. The summed E-state index contributed by atoms with van der Waals surface area (Å²) in [6.45, 7) is 3.48. The Morgan fingerprint density at radius 3 is 2.58 bits per heavy atom. The molecule has 0 radical (unpaired) electrons. The number of nitrogens with one attached hydrogen (secondary N) is 2. The normalized spacial score (nSPS) is 10.2. The molecule has 1 rings (SSSR count). The van der Waals surface area contributed by atoms with Crippen molar-refractivity contribution < 1.29 is 9.53 Å². The van der Waals surface area contributed by atoms with Crippen molar-refractivity contribution >= 4 is 5.97 Å². The van der Waals surface area contributed by atoms with Crippen LogP contribution in [0.25, 0.3) is 0 Å². The van der Waals surface area contributed by atoms with E-state index in [4.69, 9.17) is 4.74 Å². The van der Waals surface area contributed by atoms with Crippen LogP contribution < -0.4 is 5.56 Å². The molecule has 0 aliphatic heterocycles. The van der Waals surface area contributed by atoms with E-state index in [1.165, 1.54) is 0 Å². The van der Waals surface area contributed by atoms with Crippen molar-refractivity contribution in [2.75, 3.05) is 0 Å². The van der Waals surface area contributed by atoms with E-state index in [-0.39, 0.29) is 17.4 Å². The molecule has 1 heterocycles. The fraction of sp³-hybridized carbons (Fsp3) is 0.429. The van der Waals surface area contributed by atoms with Gasteiger partial charge in [-0.1, -0.05) is 0 Å². The molecule has 0 spiro atoms. The van der Waals surface area contributed by atoms with Crippen LogP contribution in [-0.4, -0.2) is 22.3 Å². The highest BCUT2D eigenvalue weighted by atomic mass is 16.5. The van der Waals surface area contributed by atoms with E-state index in [9.17, 15) is 9.59 Å². The maximum atomic E-state index is 11.1. The van der Waals surface area contributed by atoms with Gasteiger partial charge in [-0.15, -0.1) is 0 Å². The van der Waals surface area contributed by atoms with E-state index >= 15 is 0 Å². The number of hydrogen-bond acceptors (Lipinski definition) is 3. The molecular weight excluding hydrogens is 160 g/mol. The van der Waals surface area contributed by atoms with Gasteiger partial charge in [0.05, 0.1) is 6.10 Å². The van der Waals surface area contributed by atoms with Gasteiger partial charge < -0.3 is 4.74 Å². The quantitative estimate of drug-likeness (QED) is 0.625. The van der Waals surface area contributed by atoms with Crippen LogP contribution in [0, 0.1) is 0 Å². The average molecular weight is 170 g/mol. The number of hydrogen-bond donors (Lipinski definition) is 2. The highest BCUT2D eigenvalue weighted by Gasteiger charge is 2.10. The second-order valence-electron chi connectivity index (χ2n) is 2.63. The van der Waals surface area contributed by atoms with Crippen LogP contribution in [0.1, 0.15) is 24.3 Å². The Morgan fingerprint density at radius 1 is 1.50 bits per heavy atom. The maximum Gasteiger partial charge on any atom is 0.356 e. The standard InChI is InChI=1S/C7H10N2O3/c1-4(2)12-7(11)5-3-6(10)9-8-5/h3-4H,1-2H3,(H2,8,9,10). The lowest BCUT2D eigenvalue weighted by molar-refractivity contribution is 0.0371. The van der Waals surface area contributed by atoms with E-state index in [1.54, 1.807) is 13.8 Å². The number of carbonyl (C=O) groups excluding carboxylic acids is 1. The first kappa shape index (κ1) is 8.58. The minimum absolute atomic E-state index is 0.147. The third kappa shape index (κ3) is 1.98. The number of rotatable bonds is 2. The lowest BCUT2D eigenvalue weighted by atomic mass is 10.4. The summed E-state index contributed by atoms with van der Waals surface area (Å²) < 4.78 is 4.82. The highest BCUT2D eigenvalue weighted by Crippen LogP contribution is 1.96. The second-order valence-corrected chi connectivity index (χ2v) is 2.63. The van der Waals surface area contributed by atoms with Gasteiger partial charge in [0.15, 0.2) is 0 Å². The van der Waals surface area contributed by atoms with Crippen molar-refractivity contribution in [3.8, 4) is 0 Å². The monoisotopic (exact) mass is 170 g/mol. The predicted molar refractivity (Wildman–Crippen MR) is 42.0 cm³/mol. The molecule has 12 heavy (non-hydrogen) atoms. The van der Waals surface area contributed by atoms with Gasteiger partial charge in [0, 0.05) is 6.07 Å². The van der Waals surface area contributed by atoms with Gasteiger partial charge in [-0.3, -0.25) is 15.0 Å². The fourth-order valence-corrected chi connectivity index (χ4v) is 0.720. The molecule has 0 unspecified atom stereocenters. The van der Waals surface area contributed by atoms with E-state index in [2.05, 4.69) is 10.2 Å². The summed E-state index contributed by atoms with van der Waals surface area (Å²) in [6.07, 6.45) is -0.184. The van der Waals surface area contributed by atoms with Crippen molar-refractivity contribution in [2.45, 2.75) is 20.0 Å². The van der Waals surface area contributed by atoms with Crippen molar-refractivity contribution in [1.82, 2.24) is 10.2 Å². The van der Waals surface area contributed by atoms with Crippen molar-refractivity contribution in [3.63, 3.8) is 0 Å². The van der Waals surface area contributed by atoms with E-state index in [0.29, 0.717) is 0 Å². The lowest BCUT2D eigenvalue weighted by Gasteiger charge is -2.04. The summed E-state index contributed by atoms with van der Waals surface area (Å²) >= 11 is 0. The van der Waals surface area contributed by atoms with Gasteiger partial charge in [0.1, 0.15) is 5.69 Å². The number of esters is 1. The molecule has 0 aromatic carbocycles. The zero-order chi connectivity index (χ0) is 9.14. The molecule has 2 N–H and O–H groups in total. The molecule has 0 amide bonds. The van der Waals surface area contributed by atoms with Crippen LogP contribution in [-0.2, 0) is 4.74 Å². The van der Waals surface area contributed by atoms with E-state index < -0.39 is 5.97 Å². The highest BCUT2D eigenvalue weighted by molar-refractivity contribution is 5.87. The molecular formula is C7H10N2O3. The van der Waals surface area contributed by atoms with E-state index in [0.717, 1.165) is 6.07 Å². The summed E-state index contributed by atoms with van der Waals surface area (Å²) in [5.41, 5.74) is -0.195. The van der Waals surface area contributed by atoms with Crippen molar-refractivity contribution in [2.24, 2.45) is 0 Å². The predicted octanol–water partition coefficient (Wildman–Crippen LogP) is 0.268. The molecule has 0 fully saturated rings. The van der Waals surface area contributed by atoms with Crippen LogP contribution in [0.15, 0.2) is 10.9 Å². The summed E-state index contributed by atoms with van der Waals surface area (Å²) in [5.74, 6) is -0.525. The molecule has 1 aromatic rings. The fourth-order valence-electron chi connectivity index (χ4n) is 0.720. The average Bonchev–Trinajstić information content (AvgIpc) is 2.34. The van der Waals surface area contributed by atoms with Gasteiger partial charge in [-0.05, 0) is 13.8 Å². The third-order valence-corrected chi connectivity index (χ3v) is 1.16. The van der Waals surface area contributed by atoms with Gasteiger partial charge in [-0.25, -0.2) is 4.79 Å². The smallest absolute Gasteiger partial charge is 0.356 e. The molecule has 0 saturated heterocycles. The number of aromatic nitrogens is 2. The molecule has 0 saturated carbocycles.